The van der Waals surface area contributed by atoms with E-state index >= 15 is 0 Å². The number of pyridine rings is 1. The lowest BCUT2D eigenvalue weighted by atomic mass is 9.99. The summed E-state index contributed by atoms with van der Waals surface area (Å²) in [6, 6.07) is 20.3. The number of phenolic OH excluding ortho intramolecular Hbond substituents is 1. The van der Waals surface area contributed by atoms with Gasteiger partial charge in [0.15, 0.2) is 0 Å². The molecule has 0 radical (unpaired) electrons. The van der Waals surface area contributed by atoms with Crippen molar-refractivity contribution in [2.24, 2.45) is 0 Å². The number of aromatic nitrogens is 1. The number of hydrazine groups is 1. The Bertz CT molecular complexity index is 1760. The number of hydrogen-bond donors (Lipinski definition) is 2. The molecular formula is C34H34Cl2N6O4. The van der Waals surface area contributed by atoms with Gasteiger partial charge in [-0.3, -0.25) is 19.6 Å². The van der Waals surface area contributed by atoms with Crippen LogP contribution in [-0.4, -0.2) is 79.6 Å². The van der Waals surface area contributed by atoms with Crippen LogP contribution in [0.25, 0.3) is 10.9 Å². The van der Waals surface area contributed by atoms with Crippen molar-refractivity contribution in [2.75, 3.05) is 19.6 Å². The van der Waals surface area contributed by atoms with Crippen LogP contribution in [0.5, 0.6) is 5.75 Å². The maximum absolute atomic E-state index is 14.3. The van der Waals surface area contributed by atoms with Gasteiger partial charge in [-0.2, -0.15) is 5.01 Å². The summed E-state index contributed by atoms with van der Waals surface area (Å²) in [5.74, 6) is -0.379. The van der Waals surface area contributed by atoms with Crippen LogP contribution in [-0.2, 0) is 29.1 Å². The number of benzene rings is 3. The van der Waals surface area contributed by atoms with E-state index in [1.54, 1.807) is 62.4 Å². The van der Waals surface area contributed by atoms with Gasteiger partial charge in [0.1, 0.15) is 18.0 Å². The highest BCUT2D eigenvalue weighted by molar-refractivity contribution is 6.39. The third kappa shape index (κ3) is 6.33. The van der Waals surface area contributed by atoms with E-state index < -0.39 is 12.2 Å². The Morgan fingerprint density at radius 2 is 1.78 bits per heavy atom. The van der Waals surface area contributed by atoms with Crippen LogP contribution in [0.4, 0.5) is 4.79 Å². The lowest BCUT2D eigenvalue weighted by Crippen LogP contribution is -2.66. The zero-order valence-electron chi connectivity index (χ0n) is 25.3. The third-order valence-corrected chi connectivity index (χ3v) is 9.09. The SMILES string of the molecule is CCCN(C(=O)NCc1ccccc1)N1CC(=O)N2[C@@H](Cc3ccc(O)cc3)C(=O)N(Cc3c(Cl)cc(Cl)c4cccnc34)C[C@@H]21. The molecular weight excluding hydrogens is 627 g/mol. The van der Waals surface area contributed by atoms with Gasteiger partial charge in [0.25, 0.3) is 0 Å². The van der Waals surface area contributed by atoms with Crippen molar-refractivity contribution in [3.63, 3.8) is 0 Å². The number of urea groups is 1. The number of carbonyl (C=O) groups excluding carboxylic acids is 3. The van der Waals surface area contributed by atoms with Crippen molar-refractivity contribution >= 4 is 52.0 Å². The van der Waals surface area contributed by atoms with Gasteiger partial charge in [-0.15, -0.1) is 0 Å². The zero-order valence-corrected chi connectivity index (χ0v) is 26.8. The van der Waals surface area contributed by atoms with Crippen LogP contribution < -0.4 is 5.32 Å². The quantitative estimate of drug-likeness (QED) is 0.255. The number of aromatic hydroxyl groups is 1. The molecule has 2 atom stereocenters. The first kappa shape index (κ1) is 31.6. The molecule has 6 rings (SSSR count). The van der Waals surface area contributed by atoms with Crippen LogP contribution in [0.15, 0.2) is 79.0 Å². The molecule has 3 aromatic carbocycles. The fourth-order valence-corrected chi connectivity index (χ4v) is 6.81. The minimum atomic E-state index is -0.845. The number of carbonyl (C=O) groups is 3. The summed E-state index contributed by atoms with van der Waals surface area (Å²) < 4.78 is 0. The fourth-order valence-electron chi connectivity index (χ4n) is 6.24. The normalized spacial score (nSPS) is 18.2. The lowest BCUT2D eigenvalue weighted by molar-refractivity contribution is -0.157. The van der Waals surface area contributed by atoms with Crippen LogP contribution in [0.2, 0.25) is 10.0 Å². The van der Waals surface area contributed by atoms with Crippen molar-refractivity contribution in [2.45, 2.75) is 45.1 Å². The summed E-state index contributed by atoms with van der Waals surface area (Å²) in [5, 5.41) is 17.8. The summed E-state index contributed by atoms with van der Waals surface area (Å²) in [7, 11) is 0. The molecule has 1 aromatic heterocycles. The van der Waals surface area contributed by atoms with E-state index in [-0.39, 0.29) is 49.7 Å². The lowest BCUT2D eigenvalue weighted by Gasteiger charge is -2.46. The Morgan fingerprint density at radius 1 is 1.02 bits per heavy atom. The highest BCUT2D eigenvalue weighted by Crippen LogP contribution is 2.35. The van der Waals surface area contributed by atoms with Gasteiger partial charge < -0.3 is 20.2 Å². The Kier molecular flexibility index (Phi) is 9.30. The first-order valence-electron chi connectivity index (χ1n) is 15.2. The number of phenols is 1. The Hall–Kier alpha value is -4.38. The Labute approximate surface area is 277 Å². The van der Waals surface area contributed by atoms with Gasteiger partial charge in [-0.05, 0) is 47.9 Å². The van der Waals surface area contributed by atoms with E-state index in [0.717, 1.165) is 16.5 Å². The number of amides is 4. The van der Waals surface area contributed by atoms with Crippen molar-refractivity contribution in [3.8, 4) is 5.75 Å². The van der Waals surface area contributed by atoms with Crippen molar-refractivity contribution in [3.05, 3.63) is 106 Å². The molecule has 0 bridgehead atoms. The summed E-state index contributed by atoms with van der Waals surface area (Å²) in [6.45, 7) is 2.91. The van der Waals surface area contributed by atoms with Gasteiger partial charge in [-0.25, -0.2) is 4.79 Å². The Balaban J connectivity index is 1.34. The summed E-state index contributed by atoms with van der Waals surface area (Å²) in [6.07, 6.45) is 1.94. The smallest absolute Gasteiger partial charge is 0.332 e. The average molecular weight is 662 g/mol. The molecule has 0 saturated carbocycles. The number of hydrogen-bond acceptors (Lipinski definition) is 6. The third-order valence-electron chi connectivity index (χ3n) is 8.44. The van der Waals surface area contributed by atoms with E-state index in [0.29, 0.717) is 40.6 Å². The molecule has 10 nitrogen and oxygen atoms in total. The van der Waals surface area contributed by atoms with E-state index in [1.165, 1.54) is 0 Å². The summed E-state index contributed by atoms with van der Waals surface area (Å²) in [4.78, 5) is 49.5. The second-order valence-corrected chi connectivity index (χ2v) is 12.3. The van der Waals surface area contributed by atoms with Gasteiger partial charge in [0, 0.05) is 48.2 Å². The number of nitrogens with zero attached hydrogens (tertiary/aromatic N) is 5. The van der Waals surface area contributed by atoms with Crippen LogP contribution in [0.1, 0.15) is 30.0 Å². The maximum atomic E-state index is 14.3. The summed E-state index contributed by atoms with van der Waals surface area (Å²) >= 11 is 13.2. The molecule has 46 heavy (non-hydrogen) atoms. The molecule has 0 aliphatic carbocycles. The number of halogens is 2. The van der Waals surface area contributed by atoms with Gasteiger partial charge in [0.05, 0.1) is 23.6 Å². The minimum Gasteiger partial charge on any atom is -0.508 e. The molecule has 0 spiro atoms. The monoisotopic (exact) mass is 660 g/mol. The Morgan fingerprint density at radius 3 is 2.52 bits per heavy atom. The number of piperazine rings is 1. The zero-order chi connectivity index (χ0) is 32.4. The van der Waals surface area contributed by atoms with Gasteiger partial charge >= 0.3 is 6.03 Å². The standard InChI is InChI=1S/C34H34Cl2N6O4/c1-2-15-40(34(46)38-18-23-7-4-3-5-8-23)41-21-31(44)42-29(16-22-10-12-24(43)13-11-22)33(45)39(20-30(41)42)19-26-28(36)17-27(35)25-9-6-14-37-32(25)26/h3-14,17,29-30,43H,2,15-16,18-21H2,1H3,(H,38,46)/t29-,30+/m0/s1. The average Bonchev–Trinajstić information content (AvgIpc) is 3.38. The predicted octanol–water partition coefficient (Wildman–Crippen LogP) is 5.21. The second-order valence-electron chi connectivity index (χ2n) is 11.5. The maximum Gasteiger partial charge on any atom is 0.332 e. The van der Waals surface area contributed by atoms with E-state index in [4.69, 9.17) is 23.2 Å². The van der Waals surface area contributed by atoms with Crippen molar-refractivity contribution in [1.82, 2.24) is 30.1 Å². The molecule has 2 aliphatic heterocycles. The highest BCUT2D eigenvalue weighted by atomic mass is 35.5. The summed E-state index contributed by atoms with van der Waals surface area (Å²) in [5.41, 5.74) is 2.98. The highest BCUT2D eigenvalue weighted by Gasteiger charge is 2.52. The predicted molar refractivity (Wildman–Crippen MR) is 176 cm³/mol. The van der Waals surface area contributed by atoms with Gasteiger partial charge in [0.2, 0.25) is 11.8 Å². The van der Waals surface area contributed by atoms with Crippen molar-refractivity contribution in [1.29, 1.82) is 0 Å². The molecule has 12 heteroatoms. The molecule has 4 aromatic rings. The molecule has 3 heterocycles. The van der Waals surface area contributed by atoms with E-state index in [9.17, 15) is 19.5 Å². The molecule has 238 valence electrons. The molecule has 4 amide bonds. The van der Waals surface area contributed by atoms with Crippen LogP contribution in [0.3, 0.4) is 0 Å². The largest absolute Gasteiger partial charge is 0.508 e. The minimum absolute atomic E-state index is 0.0528. The molecule has 2 N–H and O–H groups in total. The topological polar surface area (TPSA) is 109 Å². The first-order valence-corrected chi connectivity index (χ1v) is 16.0. The number of nitrogens with one attached hydrogen (secondary N) is 1. The van der Waals surface area contributed by atoms with Crippen LogP contribution in [0, 0.1) is 0 Å². The van der Waals surface area contributed by atoms with E-state index in [2.05, 4.69) is 10.3 Å². The molecule has 2 saturated heterocycles. The van der Waals surface area contributed by atoms with Gasteiger partial charge in [-0.1, -0.05) is 72.6 Å². The molecule has 2 fully saturated rings. The van der Waals surface area contributed by atoms with Crippen molar-refractivity contribution < 1.29 is 19.5 Å². The fraction of sp³-hybridized carbons (Fsp3) is 0.294. The van der Waals surface area contributed by atoms with E-state index in [1.807, 2.05) is 43.3 Å². The second kappa shape index (κ2) is 13.5. The number of fused-ring (bicyclic) bond motifs is 2. The van der Waals surface area contributed by atoms with Crippen LogP contribution >= 0.6 is 23.2 Å². The first-order chi connectivity index (χ1) is 22.2. The number of rotatable bonds is 9. The molecule has 2 aliphatic rings. The molecule has 0 unspecified atom stereocenters.